The summed E-state index contributed by atoms with van der Waals surface area (Å²) < 4.78 is 10.7. The molecule has 3 N–H and O–H groups in total. The van der Waals surface area contributed by atoms with Crippen LogP contribution < -0.4 is 15.8 Å². The first-order valence-corrected chi connectivity index (χ1v) is 6.33. The molecule has 6 heteroatoms. The molecule has 0 heterocycles. The van der Waals surface area contributed by atoms with Crippen molar-refractivity contribution in [3.8, 4) is 5.75 Å². The third-order valence-corrected chi connectivity index (χ3v) is 3.09. The van der Waals surface area contributed by atoms with Gasteiger partial charge in [-0.15, -0.1) is 0 Å². The number of carbonyl (C=O) groups excluding carboxylic acids is 1. The van der Waals surface area contributed by atoms with Gasteiger partial charge in [0.15, 0.2) is 0 Å². The van der Waals surface area contributed by atoms with Crippen LogP contribution in [0.4, 0.5) is 4.79 Å². The molecule has 1 aromatic carbocycles. The van der Waals surface area contributed by atoms with Crippen LogP contribution in [0.1, 0.15) is 18.5 Å². The Bertz CT molecular complexity index is 412. The number of ether oxygens (including phenoxy) is 2. The Morgan fingerprint density at radius 1 is 1.56 bits per heavy atom. The predicted molar refractivity (Wildman–Crippen MR) is 72.6 cm³/mol. The fourth-order valence-electron chi connectivity index (χ4n) is 1.50. The van der Waals surface area contributed by atoms with Gasteiger partial charge in [0.2, 0.25) is 0 Å². The summed E-state index contributed by atoms with van der Waals surface area (Å²) in [5, 5.41) is 3.22. The number of rotatable bonds is 6. The van der Waals surface area contributed by atoms with Gasteiger partial charge in [0.25, 0.3) is 0 Å². The van der Waals surface area contributed by atoms with Gasteiger partial charge in [-0.3, -0.25) is 0 Å². The summed E-state index contributed by atoms with van der Waals surface area (Å²) in [6.07, 6.45) is -0.753. The summed E-state index contributed by atoms with van der Waals surface area (Å²) in [7, 11) is 1.63. The van der Waals surface area contributed by atoms with Gasteiger partial charge in [0.05, 0.1) is 11.6 Å². The first-order chi connectivity index (χ1) is 8.54. The molecule has 0 saturated carbocycles. The summed E-state index contributed by atoms with van der Waals surface area (Å²) in [5.74, 6) is 0.794. The van der Waals surface area contributed by atoms with Crippen molar-refractivity contribution in [1.29, 1.82) is 0 Å². The van der Waals surface area contributed by atoms with E-state index in [1.54, 1.807) is 7.11 Å². The highest BCUT2D eigenvalue weighted by atomic mass is 79.9. The van der Waals surface area contributed by atoms with E-state index in [2.05, 4.69) is 26.0 Å². The molecule has 100 valence electrons. The number of carbonyl (C=O) groups is 1. The van der Waals surface area contributed by atoms with E-state index in [1.165, 1.54) is 0 Å². The number of nitrogens with one attached hydrogen (secondary N) is 1. The lowest BCUT2D eigenvalue weighted by Crippen LogP contribution is -2.25. The lowest BCUT2D eigenvalue weighted by molar-refractivity contribution is 0.156. The number of amides is 1. The van der Waals surface area contributed by atoms with Crippen molar-refractivity contribution >= 4 is 22.0 Å². The number of hydrogen-bond donors (Lipinski definition) is 2. The highest BCUT2D eigenvalue weighted by Crippen LogP contribution is 2.27. The smallest absolute Gasteiger partial charge is 0.404 e. The molecule has 0 fully saturated rings. The Labute approximate surface area is 115 Å². The van der Waals surface area contributed by atoms with Crippen molar-refractivity contribution in [3.05, 3.63) is 28.2 Å². The molecule has 0 aliphatic carbocycles. The number of nitrogens with two attached hydrogens (primary N) is 1. The molecule has 0 radical (unpaired) electrons. The van der Waals surface area contributed by atoms with E-state index in [9.17, 15) is 4.79 Å². The normalized spacial score (nSPS) is 11.9. The van der Waals surface area contributed by atoms with E-state index in [0.717, 1.165) is 15.8 Å². The van der Waals surface area contributed by atoms with Crippen LogP contribution in [0, 0.1) is 0 Å². The Morgan fingerprint density at radius 3 is 2.83 bits per heavy atom. The molecule has 0 aromatic heterocycles. The number of primary amides is 1. The number of methoxy groups -OCH3 is 1. The van der Waals surface area contributed by atoms with Crippen molar-refractivity contribution in [1.82, 2.24) is 5.32 Å². The van der Waals surface area contributed by atoms with E-state index in [1.807, 2.05) is 25.1 Å². The number of halogens is 1. The number of hydrogen-bond acceptors (Lipinski definition) is 4. The maximum absolute atomic E-state index is 10.4. The third kappa shape index (κ3) is 4.54. The maximum atomic E-state index is 10.4. The molecule has 1 amide bonds. The Morgan fingerprint density at radius 2 is 2.28 bits per heavy atom. The maximum Gasteiger partial charge on any atom is 0.404 e. The SMILES string of the molecule is COc1ccc(C(C)NCCOC(N)=O)cc1Br. The van der Waals surface area contributed by atoms with Gasteiger partial charge in [0.1, 0.15) is 12.4 Å². The summed E-state index contributed by atoms with van der Waals surface area (Å²) in [6.45, 7) is 2.84. The summed E-state index contributed by atoms with van der Waals surface area (Å²) in [5.41, 5.74) is 5.98. The van der Waals surface area contributed by atoms with Crippen LogP contribution in [0.5, 0.6) is 5.75 Å². The van der Waals surface area contributed by atoms with Gasteiger partial charge >= 0.3 is 6.09 Å². The second-order valence-corrected chi connectivity index (χ2v) is 4.59. The minimum Gasteiger partial charge on any atom is -0.496 e. The molecule has 0 aliphatic rings. The zero-order chi connectivity index (χ0) is 13.5. The van der Waals surface area contributed by atoms with Gasteiger partial charge in [0, 0.05) is 12.6 Å². The first-order valence-electron chi connectivity index (χ1n) is 5.53. The lowest BCUT2D eigenvalue weighted by Gasteiger charge is -2.15. The van der Waals surface area contributed by atoms with Crippen LogP contribution in [0.25, 0.3) is 0 Å². The van der Waals surface area contributed by atoms with Crippen LogP contribution in [-0.4, -0.2) is 26.4 Å². The standard InChI is InChI=1S/C12H17BrN2O3/c1-8(15-5-6-18-12(14)16)9-3-4-11(17-2)10(13)7-9/h3-4,7-8,15H,5-6H2,1-2H3,(H2,14,16). The van der Waals surface area contributed by atoms with Crippen molar-refractivity contribution in [3.63, 3.8) is 0 Å². The molecule has 0 spiro atoms. The molecule has 0 bridgehead atoms. The molecule has 18 heavy (non-hydrogen) atoms. The van der Waals surface area contributed by atoms with Crippen LogP contribution in [0.2, 0.25) is 0 Å². The van der Waals surface area contributed by atoms with Gasteiger partial charge < -0.3 is 20.5 Å². The van der Waals surface area contributed by atoms with Crippen molar-refractivity contribution in [2.45, 2.75) is 13.0 Å². The van der Waals surface area contributed by atoms with E-state index in [4.69, 9.17) is 10.5 Å². The fourth-order valence-corrected chi connectivity index (χ4v) is 2.06. The molecule has 1 atom stereocenters. The van der Waals surface area contributed by atoms with Crippen molar-refractivity contribution in [2.75, 3.05) is 20.3 Å². The highest BCUT2D eigenvalue weighted by Gasteiger charge is 2.07. The molecule has 1 rings (SSSR count). The van der Waals surface area contributed by atoms with Crippen LogP contribution in [0.3, 0.4) is 0 Å². The molecule has 0 saturated heterocycles. The average Bonchev–Trinajstić information content (AvgIpc) is 2.34. The lowest BCUT2D eigenvalue weighted by atomic mass is 10.1. The molecular weight excluding hydrogens is 300 g/mol. The monoisotopic (exact) mass is 316 g/mol. The van der Waals surface area contributed by atoms with Gasteiger partial charge in [-0.25, -0.2) is 4.79 Å². The summed E-state index contributed by atoms with van der Waals surface area (Å²) >= 11 is 3.44. The molecule has 1 unspecified atom stereocenters. The Hall–Kier alpha value is -1.27. The summed E-state index contributed by atoms with van der Waals surface area (Å²) in [6, 6.07) is 6.02. The van der Waals surface area contributed by atoms with Gasteiger partial charge in [-0.05, 0) is 40.5 Å². The number of benzene rings is 1. The quantitative estimate of drug-likeness (QED) is 0.789. The van der Waals surface area contributed by atoms with E-state index in [0.29, 0.717) is 6.54 Å². The molecule has 0 aliphatic heterocycles. The second kappa shape index (κ2) is 7.23. The van der Waals surface area contributed by atoms with Crippen LogP contribution in [-0.2, 0) is 4.74 Å². The predicted octanol–water partition coefficient (Wildman–Crippen LogP) is 2.20. The average molecular weight is 317 g/mol. The molecular formula is C12H17BrN2O3. The van der Waals surface area contributed by atoms with E-state index < -0.39 is 6.09 Å². The topological polar surface area (TPSA) is 73.6 Å². The molecule has 1 aromatic rings. The van der Waals surface area contributed by atoms with Gasteiger partial charge in [-0.1, -0.05) is 6.07 Å². The minimum absolute atomic E-state index is 0.142. The first kappa shape index (κ1) is 14.8. The highest BCUT2D eigenvalue weighted by molar-refractivity contribution is 9.10. The summed E-state index contributed by atoms with van der Waals surface area (Å²) in [4.78, 5) is 10.4. The Kier molecular flexibility index (Phi) is 5.94. The second-order valence-electron chi connectivity index (χ2n) is 3.74. The zero-order valence-corrected chi connectivity index (χ0v) is 12.0. The largest absolute Gasteiger partial charge is 0.496 e. The fraction of sp³-hybridized carbons (Fsp3) is 0.417. The van der Waals surface area contributed by atoms with Crippen molar-refractivity contribution < 1.29 is 14.3 Å². The van der Waals surface area contributed by atoms with Gasteiger partial charge in [-0.2, -0.15) is 0 Å². The van der Waals surface area contributed by atoms with E-state index >= 15 is 0 Å². The van der Waals surface area contributed by atoms with Crippen LogP contribution >= 0.6 is 15.9 Å². The third-order valence-electron chi connectivity index (χ3n) is 2.47. The van der Waals surface area contributed by atoms with E-state index in [-0.39, 0.29) is 12.6 Å². The minimum atomic E-state index is -0.753. The zero-order valence-electron chi connectivity index (χ0n) is 10.4. The van der Waals surface area contributed by atoms with Crippen LogP contribution in [0.15, 0.2) is 22.7 Å². The molecule has 5 nitrogen and oxygen atoms in total. The Balaban J connectivity index is 2.48. The van der Waals surface area contributed by atoms with Crippen molar-refractivity contribution in [2.24, 2.45) is 5.73 Å².